The number of para-hydroxylation sites is 1. The summed E-state index contributed by atoms with van der Waals surface area (Å²) in [5, 5.41) is 15.8. The Kier molecular flexibility index (Phi) is 9.59. The number of aromatic nitrogens is 1. The maximum absolute atomic E-state index is 14.2. The van der Waals surface area contributed by atoms with Gasteiger partial charge in [0, 0.05) is 43.2 Å². The van der Waals surface area contributed by atoms with E-state index in [2.05, 4.69) is 17.1 Å². The van der Waals surface area contributed by atoms with Crippen molar-refractivity contribution in [2.24, 2.45) is 5.92 Å². The molecule has 0 radical (unpaired) electrons. The molecule has 3 aliphatic rings. The molecule has 2 aliphatic heterocycles. The molecule has 2 saturated heterocycles. The normalized spacial score (nSPS) is 20.8. The zero-order chi connectivity index (χ0) is 30.6. The van der Waals surface area contributed by atoms with E-state index in [0.29, 0.717) is 37.7 Å². The summed E-state index contributed by atoms with van der Waals surface area (Å²) < 4.78 is 0. The number of benzene rings is 1. The number of nitrogens with one attached hydrogen (secondary N) is 1. The number of likely N-dealkylation sites (tertiary alicyclic amines) is 1. The van der Waals surface area contributed by atoms with Crippen molar-refractivity contribution in [2.75, 3.05) is 39.3 Å². The number of amides is 3. The number of nitrogens with zero attached hydrogens (tertiary/aromatic N) is 4. The lowest BCUT2D eigenvalue weighted by atomic mass is 9.84. The van der Waals surface area contributed by atoms with E-state index >= 15 is 0 Å². The van der Waals surface area contributed by atoms with E-state index in [1.165, 1.54) is 19.3 Å². The number of fused-ring (bicyclic) bond motifs is 1. The fourth-order valence-corrected chi connectivity index (χ4v) is 7.95. The monoisotopic (exact) mass is 617 g/mol. The van der Waals surface area contributed by atoms with Crippen LogP contribution in [0.2, 0.25) is 0 Å². The highest BCUT2D eigenvalue weighted by atomic mass is 32.1. The third-order valence-corrected chi connectivity index (χ3v) is 10.6. The summed E-state index contributed by atoms with van der Waals surface area (Å²) in [6, 6.07) is 11.8. The first-order valence-corrected chi connectivity index (χ1v) is 17.0. The molecule has 2 unspecified atom stereocenters. The van der Waals surface area contributed by atoms with Crippen LogP contribution in [0.15, 0.2) is 41.8 Å². The SMILES string of the molecule is CC(NC(=O)c1c(CN2CCN(CC(=O)N3CCCC3CO)C(=O)C2)c(-c2cccs2)nc2ccccc12)C1CCCCC1. The summed E-state index contributed by atoms with van der Waals surface area (Å²) in [5.41, 5.74) is 3.02. The van der Waals surface area contributed by atoms with Gasteiger partial charge in [0.2, 0.25) is 11.8 Å². The number of pyridine rings is 1. The van der Waals surface area contributed by atoms with Crippen molar-refractivity contribution >= 4 is 40.0 Å². The summed E-state index contributed by atoms with van der Waals surface area (Å²) in [6.45, 7) is 4.31. The molecule has 0 spiro atoms. The highest BCUT2D eigenvalue weighted by Crippen LogP contribution is 2.34. The largest absolute Gasteiger partial charge is 0.394 e. The second kappa shape index (κ2) is 13.7. The summed E-state index contributed by atoms with van der Waals surface area (Å²) in [4.78, 5) is 52.0. The van der Waals surface area contributed by atoms with Crippen LogP contribution >= 0.6 is 11.3 Å². The van der Waals surface area contributed by atoms with Crippen LogP contribution in [0.5, 0.6) is 0 Å². The summed E-state index contributed by atoms with van der Waals surface area (Å²) in [7, 11) is 0. The van der Waals surface area contributed by atoms with Gasteiger partial charge in [0.25, 0.3) is 5.91 Å². The van der Waals surface area contributed by atoms with E-state index in [1.54, 1.807) is 21.1 Å². The molecule has 0 bridgehead atoms. The number of carbonyl (C=O) groups is 3. The number of hydrogen-bond donors (Lipinski definition) is 2. The molecule has 44 heavy (non-hydrogen) atoms. The van der Waals surface area contributed by atoms with Gasteiger partial charge in [-0.15, -0.1) is 11.3 Å². The van der Waals surface area contributed by atoms with Crippen molar-refractivity contribution < 1.29 is 19.5 Å². The molecule has 3 amide bonds. The average Bonchev–Trinajstić information content (AvgIpc) is 3.75. The number of aliphatic hydroxyl groups is 1. The quantitative estimate of drug-likeness (QED) is 0.371. The van der Waals surface area contributed by atoms with Crippen molar-refractivity contribution in [1.82, 2.24) is 25.0 Å². The number of carbonyl (C=O) groups excluding carboxylic acids is 3. The van der Waals surface area contributed by atoms with Gasteiger partial charge in [-0.25, -0.2) is 4.98 Å². The molecule has 9 nitrogen and oxygen atoms in total. The molecule has 1 saturated carbocycles. The minimum absolute atomic E-state index is 0.0356. The zero-order valence-corrected chi connectivity index (χ0v) is 26.4. The van der Waals surface area contributed by atoms with Gasteiger partial charge in [-0.3, -0.25) is 19.3 Å². The van der Waals surface area contributed by atoms with Crippen molar-refractivity contribution in [2.45, 2.75) is 70.5 Å². The minimum Gasteiger partial charge on any atom is -0.394 e. The van der Waals surface area contributed by atoms with E-state index < -0.39 is 0 Å². The van der Waals surface area contributed by atoms with Crippen molar-refractivity contribution in [3.63, 3.8) is 0 Å². The predicted octanol–water partition coefficient (Wildman–Crippen LogP) is 4.29. The summed E-state index contributed by atoms with van der Waals surface area (Å²) >= 11 is 1.59. The Balaban J connectivity index is 1.26. The first-order chi connectivity index (χ1) is 21.4. The van der Waals surface area contributed by atoms with E-state index in [-0.39, 0.29) is 49.5 Å². The Hall–Kier alpha value is -3.34. The smallest absolute Gasteiger partial charge is 0.252 e. The van der Waals surface area contributed by atoms with E-state index in [0.717, 1.165) is 52.7 Å². The molecule has 2 aromatic heterocycles. The van der Waals surface area contributed by atoms with Gasteiger partial charge < -0.3 is 20.2 Å². The van der Waals surface area contributed by atoms with Crippen molar-refractivity contribution in [1.29, 1.82) is 0 Å². The Labute approximate surface area is 263 Å². The van der Waals surface area contributed by atoms with Crippen LogP contribution in [0, 0.1) is 5.92 Å². The number of aliphatic hydroxyl groups excluding tert-OH is 1. The maximum atomic E-state index is 14.2. The van der Waals surface area contributed by atoms with Crippen molar-refractivity contribution in [3.05, 3.63) is 52.9 Å². The Morgan fingerprint density at radius 1 is 1.05 bits per heavy atom. The third kappa shape index (κ3) is 6.53. The molecule has 3 aromatic rings. The fourth-order valence-electron chi connectivity index (χ4n) is 7.20. The van der Waals surface area contributed by atoms with Gasteiger partial charge in [-0.05, 0) is 56.0 Å². The standard InChI is InChI=1S/C34H43N5O4S/c1-23(24-9-3-2-4-10-24)35-34(43)32-26-12-5-6-13-28(26)36-33(29-14-8-18-44-29)27(32)19-37-16-17-38(30(41)20-37)21-31(42)39-15-7-11-25(39)22-40/h5-6,8,12-14,18,23-25,40H,2-4,7,9-11,15-17,19-22H2,1H3,(H,35,43). The van der Waals surface area contributed by atoms with Crippen LogP contribution in [0.4, 0.5) is 0 Å². The molecule has 6 rings (SSSR count). The molecule has 4 heterocycles. The van der Waals surface area contributed by atoms with Crippen LogP contribution in [0.3, 0.4) is 0 Å². The molecule has 2 atom stereocenters. The topological polar surface area (TPSA) is 106 Å². The fraction of sp³-hybridized carbons (Fsp3) is 0.529. The number of hydrogen-bond acceptors (Lipinski definition) is 7. The molecular weight excluding hydrogens is 574 g/mol. The van der Waals surface area contributed by atoms with E-state index in [9.17, 15) is 19.5 Å². The third-order valence-electron chi connectivity index (χ3n) is 9.70. The first-order valence-electron chi connectivity index (χ1n) is 16.1. The summed E-state index contributed by atoms with van der Waals surface area (Å²) in [6.07, 6.45) is 7.64. The molecule has 1 aromatic carbocycles. The molecule has 2 N–H and O–H groups in total. The van der Waals surface area contributed by atoms with Gasteiger partial charge in [0.15, 0.2) is 0 Å². The van der Waals surface area contributed by atoms with Gasteiger partial charge in [-0.2, -0.15) is 0 Å². The Morgan fingerprint density at radius 3 is 2.61 bits per heavy atom. The zero-order valence-electron chi connectivity index (χ0n) is 25.5. The van der Waals surface area contributed by atoms with E-state index in [4.69, 9.17) is 4.98 Å². The second-order valence-electron chi connectivity index (χ2n) is 12.6. The lowest BCUT2D eigenvalue weighted by Gasteiger charge is -2.36. The average molecular weight is 618 g/mol. The number of rotatable bonds is 9. The molecular formula is C34H43N5O4S. The Morgan fingerprint density at radius 2 is 1.86 bits per heavy atom. The van der Waals surface area contributed by atoms with Gasteiger partial charge in [-0.1, -0.05) is 43.5 Å². The Bertz CT molecular complexity index is 1490. The lowest BCUT2D eigenvalue weighted by molar-refractivity contribution is -0.144. The number of thiophene rings is 1. The second-order valence-corrected chi connectivity index (χ2v) is 13.5. The van der Waals surface area contributed by atoms with Crippen molar-refractivity contribution in [3.8, 4) is 10.6 Å². The van der Waals surface area contributed by atoms with Crippen LogP contribution in [-0.4, -0.2) is 93.9 Å². The molecule has 3 fully saturated rings. The highest BCUT2D eigenvalue weighted by Gasteiger charge is 2.33. The molecule has 234 valence electrons. The first kappa shape index (κ1) is 30.7. The van der Waals surface area contributed by atoms with Crippen LogP contribution < -0.4 is 5.32 Å². The maximum Gasteiger partial charge on any atom is 0.252 e. The van der Waals surface area contributed by atoms with Gasteiger partial charge in [0.05, 0.1) is 47.4 Å². The van der Waals surface area contributed by atoms with Gasteiger partial charge >= 0.3 is 0 Å². The molecule has 1 aliphatic carbocycles. The molecule has 10 heteroatoms. The van der Waals surface area contributed by atoms with Crippen LogP contribution in [0.1, 0.15) is 67.8 Å². The minimum atomic E-state index is -0.152. The lowest BCUT2D eigenvalue weighted by Crippen LogP contribution is -2.53. The van der Waals surface area contributed by atoms with Crippen LogP contribution in [-0.2, 0) is 16.1 Å². The highest BCUT2D eigenvalue weighted by molar-refractivity contribution is 7.13. The van der Waals surface area contributed by atoms with E-state index in [1.807, 2.05) is 41.8 Å². The van der Waals surface area contributed by atoms with Gasteiger partial charge in [0.1, 0.15) is 0 Å². The number of piperazine rings is 1. The summed E-state index contributed by atoms with van der Waals surface area (Å²) in [5.74, 6) is 0.178. The predicted molar refractivity (Wildman–Crippen MR) is 172 cm³/mol. The van der Waals surface area contributed by atoms with Crippen LogP contribution in [0.25, 0.3) is 21.5 Å².